The van der Waals surface area contributed by atoms with Crippen LogP contribution >= 0.6 is 0 Å². The van der Waals surface area contributed by atoms with Gasteiger partial charge in [0, 0.05) is 45.4 Å². The zero-order valence-electron chi connectivity index (χ0n) is 15.2. The van der Waals surface area contributed by atoms with Gasteiger partial charge in [0.25, 0.3) is 5.91 Å². The highest BCUT2D eigenvalue weighted by molar-refractivity contribution is 5.92. The van der Waals surface area contributed by atoms with E-state index in [1.807, 2.05) is 6.92 Å². The van der Waals surface area contributed by atoms with Gasteiger partial charge in [0.05, 0.1) is 31.2 Å². The highest BCUT2D eigenvalue weighted by atomic mass is 16.5. The molecule has 2 amide bonds. The monoisotopic (exact) mass is 362 g/mol. The Bertz CT molecular complexity index is 610. The lowest BCUT2D eigenvalue weighted by atomic mass is 10.2. The molecule has 1 aromatic rings. The summed E-state index contributed by atoms with van der Waals surface area (Å²) in [6.07, 6.45) is 5.32. The molecule has 26 heavy (non-hydrogen) atoms. The Morgan fingerprint density at radius 2 is 2.04 bits per heavy atom. The highest BCUT2D eigenvalue weighted by Crippen LogP contribution is 2.15. The van der Waals surface area contributed by atoms with Gasteiger partial charge in [-0.3, -0.25) is 14.6 Å². The Kier molecular flexibility index (Phi) is 6.51. The molecule has 0 radical (unpaired) electrons. The number of hydrogen-bond acceptors (Lipinski definition) is 6. The number of aryl methyl sites for hydroxylation is 1. The smallest absolute Gasteiger partial charge is 0.274 e. The number of aromatic nitrogens is 2. The minimum absolute atomic E-state index is 0.0239. The maximum atomic E-state index is 12.9. The van der Waals surface area contributed by atoms with Crippen molar-refractivity contribution in [1.29, 1.82) is 0 Å². The number of carbonyl (C=O) groups is 2. The summed E-state index contributed by atoms with van der Waals surface area (Å²) in [5.74, 6) is -0.156. The van der Waals surface area contributed by atoms with Gasteiger partial charge in [-0.1, -0.05) is 0 Å². The fourth-order valence-corrected chi connectivity index (χ4v) is 3.18. The van der Waals surface area contributed by atoms with Crippen LogP contribution in [0.5, 0.6) is 0 Å². The maximum absolute atomic E-state index is 12.9. The van der Waals surface area contributed by atoms with Crippen molar-refractivity contribution < 1.29 is 19.1 Å². The first kappa shape index (κ1) is 18.7. The number of morpholine rings is 1. The van der Waals surface area contributed by atoms with Crippen LogP contribution in [0.3, 0.4) is 0 Å². The molecular weight excluding hydrogens is 336 g/mol. The molecule has 2 aliphatic heterocycles. The number of rotatable bonds is 6. The second kappa shape index (κ2) is 9.05. The average Bonchev–Trinajstić information content (AvgIpc) is 3.19. The van der Waals surface area contributed by atoms with Gasteiger partial charge in [-0.05, 0) is 19.8 Å². The highest BCUT2D eigenvalue weighted by Gasteiger charge is 2.26. The van der Waals surface area contributed by atoms with Gasteiger partial charge in [0.1, 0.15) is 5.69 Å². The van der Waals surface area contributed by atoms with E-state index in [0.717, 1.165) is 25.1 Å². The van der Waals surface area contributed by atoms with E-state index in [0.29, 0.717) is 45.1 Å². The second-order valence-electron chi connectivity index (χ2n) is 6.67. The van der Waals surface area contributed by atoms with Crippen molar-refractivity contribution in [3.05, 3.63) is 23.8 Å². The Labute approximate surface area is 153 Å². The molecule has 3 heterocycles. The van der Waals surface area contributed by atoms with Gasteiger partial charge in [-0.15, -0.1) is 0 Å². The molecule has 142 valence electrons. The SMILES string of the molecule is Cc1cnc(C(=O)N(CCC(=O)N2CCOCC2)C[C@@H]2CCCO2)cn1. The number of amides is 2. The molecule has 0 unspecified atom stereocenters. The quantitative estimate of drug-likeness (QED) is 0.739. The van der Waals surface area contributed by atoms with E-state index in [9.17, 15) is 9.59 Å². The summed E-state index contributed by atoms with van der Waals surface area (Å²) in [6.45, 7) is 5.75. The van der Waals surface area contributed by atoms with Crippen LogP contribution in [0, 0.1) is 6.92 Å². The van der Waals surface area contributed by atoms with Crippen molar-refractivity contribution in [1.82, 2.24) is 19.8 Å². The molecule has 8 nitrogen and oxygen atoms in total. The van der Waals surface area contributed by atoms with E-state index in [1.54, 1.807) is 16.0 Å². The van der Waals surface area contributed by atoms with E-state index >= 15 is 0 Å². The van der Waals surface area contributed by atoms with E-state index in [4.69, 9.17) is 9.47 Å². The van der Waals surface area contributed by atoms with E-state index in [-0.39, 0.29) is 24.3 Å². The summed E-state index contributed by atoms with van der Waals surface area (Å²) < 4.78 is 10.9. The summed E-state index contributed by atoms with van der Waals surface area (Å²) in [4.78, 5) is 37.1. The summed E-state index contributed by atoms with van der Waals surface area (Å²) in [5, 5.41) is 0. The average molecular weight is 362 g/mol. The molecule has 0 N–H and O–H groups in total. The predicted molar refractivity (Wildman–Crippen MR) is 93.7 cm³/mol. The molecule has 8 heteroatoms. The van der Waals surface area contributed by atoms with Crippen molar-refractivity contribution in [3.63, 3.8) is 0 Å². The molecule has 1 aromatic heterocycles. The molecule has 2 aliphatic rings. The molecule has 0 spiro atoms. The first-order valence-electron chi connectivity index (χ1n) is 9.18. The van der Waals surface area contributed by atoms with Gasteiger partial charge in [0.2, 0.25) is 5.91 Å². The maximum Gasteiger partial charge on any atom is 0.274 e. The third kappa shape index (κ3) is 4.98. The van der Waals surface area contributed by atoms with Crippen LogP contribution in [-0.4, -0.2) is 83.7 Å². The van der Waals surface area contributed by atoms with Crippen molar-refractivity contribution in [2.45, 2.75) is 32.3 Å². The zero-order valence-corrected chi connectivity index (χ0v) is 15.2. The normalized spacial score (nSPS) is 20.2. The summed E-state index contributed by atoms with van der Waals surface area (Å²) in [6, 6.07) is 0. The minimum Gasteiger partial charge on any atom is -0.378 e. The van der Waals surface area contributed by atoms with Crippen LogP contribution in [0.2, 0.25) is 0 Å². The largest absolute Gasteiger partial charge is 0.378 e. The van der Waals surface area contributed by atoms with E-state index in [1.165, 1.54) is 6.20 Å². The first-order valence-corrected chi connectivity index (χ1v) is 9.18. The number of nitrogens with zero attached hydrogens (tertiary/aromatic N) is 4. The number of ether oxygens (including phenoxy) is 2. The lowest BCUT2D eigenvalue weighted by Gasteiger charge is -2.29. The van der Waals surface area contributed by atoms with Crippen molar-refractivity contribution in [2.75, 3.05) is 46.0 Å². The molecule has 1 atom stereocenters. The molecule has 0 saturated carbocycles. The third-order valence-electron chi connectivity index (χ3n) is 4.69. The van der Waals surface area contributed by atoms with Gasteiger partial charge < -0.3 is 19.3 Å². The van der Waals surface area contributed by atoms with E-state index in [2.05, 4.69) is 9.97 Å². The van der Waals surface area contributed by atoms with Crippen molar-refractivity contribution in [2.24, 2.45) is 0 Å². The van der Waals surface area contributed by atoms with Crippen LogP contribution in [0.15, 0.2) is 12.4 Å². The first-order chi connectivity index (χ1) is 12.6. The lowest BCUT2D eigenvalue weighted by molar-refractivity contribution is -0.135. The Morgan fingerprint density at radius 3 is 2.69 bits per heavy atom. The minimum atomic E-state index is -0.206. The van der Waals surface area contributed by atoms with Crippen LogP contribution < -0.4 is 0 Å². The summed E-state index contributed by atoms with van der Waals surface area (Å²) in [5.41, 5.74) is 1.06. The summed E-state index contributed by atoms with van der Waals surface area (Å²) >= 11 is 0. The topological polar surface area (TPSA) is 84.9 Å². The molecule has 2 saturated heterocycles. The Morgan fingerprint density at radius 1 is 1.23 bits per heavy atom. The lowest BCUT2D eigenvalue weighted by Crippen LogP contribution is -2.44. The second-order valence-corrected chi connectivity index (χ2v) is 6.67. The van der Waals surface area contributed by atoms with Gasteiger partial charge in [-0.2, -0.15) is 0 Å². The standard InChI is InChI=1S/C18H26N4O4/c1-14-11-20-16(12-19-14)18(24)22(13-15-3-2-8-26-15)5-4-17(23)21-6-9-25-10-7-21/h11-12,15H,2-10,13H2,1H3/t15-/m0/s1. The van der Waals surface area contributed by atoms with Crippen molar-refractivity contribution in [3.8, 4) is 0 Å². The fraction of sp³-hybridized carbons (Fsp3) is 0.667. The molecule has 2 fully saturated rings. The number of hydrogen-bond donors (Lipinski definition) is 0. The summed E-state index contributed by atoms with van der Waals surface area (Å²) in [7, 11) is 0. The van der Waals surface area contributed by atoms with Crippen LogP contribution in [0.4, 0.5) is 0 Å². The van der Waals surface area contributed by atoms with Gasteiger partial charge in [0.15, 0.2) is 0 Å². The van der Waals surface area contributed by atoms with Gasteiger partial charge in [-0.25, -0.2) is 4.98 Å². The van der Waals surface area contributed by atoms with Crippen LogP contribution in [0.25, 0.3) is 0 Å². The fourth-order valence-electron chi connectivity index (χ4n) is 3.18. The Balaban J connectivity index is 1.63. The molecule has 0 aromatic carbocycles. The molecule has 3 rings (SSSR count). The molecule has 0 aliphatic carbocycles. The predicted octanol–water partition coefficient (Wildman–Crippen LogP) is 0.655. The van der Waals surface area contributed by atoms with Gasteiger partial charge >= 0.3 is 0 Å². The van der Waals surface area contributed by atoms with E-state index < -0.39 is 0 Å². The zero-order chi connectivity index (χ0) is 18.4. The Hall–Kier alpha value is -2.06. The van der Waals surface area contributed by atoms with Crippen LogP contribution in [0.1, 0.15) is 35.4 Å². The number of carbonyl (C=O) groups excluding carboxylic acids is 2. The van der Waals surface area contributed by atoms with Crippen molar-refractivity contribution >= 4 is 11.8 Å². The molecular formula is C18H26N4O4. The third-order valence-corrected chi connectivity index (χ3v) is 4.69. The van der Waals surface area contributed by atoms with Crippen LogP contribution in [-0.2, 0) is 14.3 Å². The molecule has 0 bridgehead atoms.